The Morgan fingerprint density at radius 2 is 1.93 bits per heavy atom. The van der Waals surface area contributed by atoms with Gasteiger partial charge >= 0.3 is 12.1 Å². The number of rotatable bonds is 10. The maximum Gasteiger partial charge on any atom is 0.408 e. The highest BCUT2D eigenvalue weighted by Gasteiger charge is 2.21. The maximum atomic E-state index is 12.1. The van der Waals surface area contributed by atoms with Crippen molar-refractivity contribution in [3.63, 3.8) is 0 Å². The fourth-order valence-electron chi connectivity index (χ4n) is 2.35. The number of nitrogens with one attached hydrogen (secondary N) is 2. The van der Waals surface area contributed by atoms with Crippen molar-refractivity contribution in [1.82, 2.24) is 15.1 Å². The lowest BCUT2D eigenvalue weighted by molar-refractivity contribution is -0.138. The number of carboxylic acids is 1. The summed E-state index contributed by atoms with van der Waals surface area (Å²) < 4.78 is 6.70. The number of aromatic nitrogens is 2. The van der Waals surface area contributed by atoms with Crippen LogP contribution in [0.3, 0.4) is 0 Å². The molecule has 10 heteroatoms. The summed E-state index contributed by atoms with van der Waals surface area (Å²) in [7, 11) is 0. The highest BCUT2D eigenvalue weighted by atomic mass is 32.2. The summed E-state index contributed by atoms with van der Waals surface area (Å²) in [4.78, 5) is 35.3. The van der Waals surface area contributed by atoms with Gasteiger partial charge in [0.25, 0.3) is 0 Å². The van der Waals surface area contributed by atoms with Gasteiger partial charge in [0.2, 0.25) is 5.91 Å². The van der Waals surface area contributed by atoms with Crippen LogP contribution in [0.15, 0.2) is 42.6 Å². The van der Waals surface area contributed by atoms with E-state index in [9.17, 15) is 19.5 Å². The zero-order valence-corrected chi connectivity index (χ0v) is 17.0. The molecule has 0 spiro atoms. The van der Waals surface area contributed by atoms with Crippen molar-refractivity contribution in [3.05, 3.63) is 48.2 Å². The summed E-state index contributed by atoms with van der Waals surface area (Å²) in [5, 5.41) is 18.4. The second kappa shape index (κ2) is 11.1. The number of alkyl carbamates (subject to hydrolysis) is 1. The van der Waals surface area contributed by atoms with Crippen molar-refractivity contribution in [1.29, 1.82) is 0 Å². The first-order valence-electron chi connectivity index (χ1n) is 8.98. The van der Waals surface area contributed by atoms with E-state index in [4.69, 9.17) is 4.74 Å². The largest absolute Gasteiger partial charge is 0.480 e. The number of nitrogens with zero attached hydrogens (tertiary/aromatic N) is 2. The van der Waals surface area contributed by atoms with Gasteiger partial charge in [-0.05, 0) is 19.4 Å². The minimum absolute atomic E-state index is 0.0205. The lowest BCUT2D eigenvalue weighted by Crippen LogP contribution is -2.43. The number of carbonyl (C=O) groups is 3. The van der Waals surface area contributed by atoms with Gasteiger partial charge in [0, 0.05) is 17.9 Å². The lowest BCUT2D eigenvalue weighted by Gasteiger charge is -2.15. The van der Waals surface area contributed by atoms with Crippen LogP contribution >= 0.6 is 11.8 Å². The topological polar surface area (TPSA) is 123 Å². The Kier molecular flexibility index (Phi) is 8.53. The number of carboxylic acid groups (broad SMARTS) is 1. The van der Waals surface area contributed by atoms with Gasteiger partial charge in [-0.25, -0.2) is 14.3 Å². The molecule has 1 unspecified atom stereocenters. The van der Waals surface area contributed by atoms with Crippen molar-refractivity contribution in [2.24, 2.45) is 0 Å². The molecule has 0 bridgehead atoms. The van der Waals surface area contributed by atoms with Gasteiger partial charge in [-0.15, -0.1) is 11.8 Å². The average molecular weight is 420 g/mol. The standard InChI is InChI=1S/C19H24N4O5S/c1-13(2)23-16(8-9-20-23)22-17(24)12-29-11-15(18(25)26)21-19(27)28-10-14-6-4-3-5-7-14/h3-9,13,15H,10-12H2,1-2H3,(H,21,27)(H,22,24)(H,25,26). The summed E-state index contributed by atoms with van der Waals surface area (Å²) in [6, 6.07) is 9.66. The Balaban J connectivity index is 1.75. The van der Waals surface area contributed by atoms with Gasteiger partial charge in [0.15, 0.2) is 0 Å². The number of benzene rings is 1. The molecule has 156 valence electrons. The number of anilines is 1. The lowest BCUT2D eigenvalue weighted by atomic mass is 10.2. The highest BCUT2D eigenvalue weighted by molar-refractivity contribution is 8.00. The van der Waals surface area contributed by atoms with Gasteiger partial charge in [-0.3, -0.25) is 4.79 Å². The maximum absolute atomic E-state index is 12.1. The quantitative estimate of drug-likeness (QED) is 0.540. The van der Waals surface area contributed by atoms with E-state index in [1.54, 1.807) is 29.1 Å². The van der Waals surface area contributed by atoms with Crippen molar-refractivity contribution in [2.45, 2.75) is 32.5 Å². The molecular formula is C19H24N4O5S. The molecule has 1 atom stereocenters. The smallest absolute Gasteiger partial charge is 0.408 e. The fourth-order valence-corrected chi connectivity index (χ4v) is 3.19. The van der Waals surface area contributed by atoms with Gasteiger partial charge in [0.1, 0.15) is 18.5 Å². The molecule has 1 aromatic heterocycles. The van der Waals surface area contributed by atoms with Crippen LogP contribution in [0.1, 0.15) is 25.5 Å². The van der Waals surface area contributed by atoms with Crippen molar-refractivity contribution in [3.8, 4) is 0 Å². The Morgan fingerprint density at radius 1 is 1.21 bits per heavy atom. The predicted molar refractivity (Wildman–Crippen MR) is 110 cm³/mol. The first kappa shape index (κ1) is 22.3. The summed E-state index contributed by atoms with van der Waals surface area (Å²) in [5.41, 5.74) is 0.793. The summed E-state index contributed by atoms with van der Waals surface area (Å²) in [5.74, 6) is -0.857. The molecule has 2 rings (SSSR count). The van der Waals surface area contributed by atoms with E-state index >= 15 is 0 Å². The second-order valence-electron chi connectivity index (χ2n) is 6.41. The summed E-state index contributed by atoms with van der Waals surface area (Å²) in [6.07, 6.45) is 0.765. The Hall–Kier alpha value is -3.01. The van der Waals surface area contributed by atoms with Crippen LogP contribution in [0, 0.1) is 0 Å². The zero-order valence-electron chi connectivity index (χ0n) is 16.2. The van der Waals surface area contributed by atoms with E-state index in [2.05, 4.69) is 15.7 Å². The van der Waals surface area contributed by atoms with E-state index in [-0.39, 0.29) is 30.1 Å². The van der Waals surface area contributed by atoms with E-state index in [0.717, 1.165) is 17.3 Å². The molecule has 0 fully saturated rings. The SMILES string of the molecule is CC(C)n1nccc1NC(=O)CSCC(NC(=O)OCc1ccccc1)C(=O)O. The van der Waals surface area contributed by atoms with Crippen molar-refractivity contribution >= 4 is 35.5 Å². The fraction of sp³-hybridized carbons (Fsp3) is 0.368. The Bertz CT molecular complexity index is 825. The second-order valence-corrected chi connectivity index (χ2v) is 7.45. The molecule has 0 aliphatic heterocycles. The third kappa shape index (κ3) is 7.49. The number of hydrogen-bond donors (Lipinski definition) is 3. The van der Waals surface area contributed by atoms with Gasteiger partial charge in [-0.1, -0.05) is 30.3 Å². The van der Waals surface area contributed by atoms with E-state index in [1.165, 1.54) is 0 Å². The van der Waals surface area contributed by atoms with E-state index < -0.39 is 18.1 Å². The molecule has 0 aliphatic rings. The van der Waals surface area contributed by atoms with Crippen LogP contribution in [0.2, 0.25) is 0 Å². The van der Waals surface area contributed by atoms with E-state index in [1.807, 2.05) is 32.0 Å². The van der Waals surface area contributed by atoms with Crippen LogP contribution in [0.5, 0.6) is 0 Å². The first-order valence-corrected chi connectivity index (χ1v) is 10.1. The molecular weight excluding hydrogens is 396 g/mol. The zero-order chi connectivity index (χ0) is 21.2. The van der Waals surface area contributed by atoms with Crippen molar-refractivity contribution < 1.29 is 24.2 Å². The van der Waals surface area contributed by atoms with Crippen molar-refractivity contribution in [2.75, 3.05) is 16.8 Å². The molecule has 0 saturated carbocycles. The summed E-state index contributed by atoms with van der Waals surface area (Å²) >= 11 is 1.10. The van der Waals surface area contributed by atoms with Crippen LogP contribution < -0.4 is 10.6 Å². The number of thioether (sulfide) groups is 1. The van der Waals surface area contributed by atoms with Crippen LogP contribution in [-0.4, -0.2) is 50.4 Å². The van der Waals surface area contributed by atoms with Gasteiger partial charge in [0.05, 0.1) is 11.9 Å². The highest BCUT2D eigenvalue weighted by Crippen LogP contribution is 2.14. The molecule has 2 aromatic rings. The molecule has 0 radical (unpaired) electrons. The molecule has 1 heterocycles. The van der Waals surface area contributed by atoms with Crippen LogP contribution in [-0.2, 0) is 20.9 Å². The van der Waals surface area contributed by atoms with E-state index in [0.29, 0.717) is 5.82 Å². The van der Waals surface area contributed by atoms with Crippen LogP contribution in [0.25, 0.3) is 0 Å². The normalized spacial score (nSPS) is 11.7. The van der Waals surface area contributed by atoms with Crippen LogP contribution in [0.4, 0.5) is 10.6 Å². The molecule has 9 nitrogen and oxygen atoms in total. The third-order valence-electron chi connectivity index (χ3n) is 3.75. The number of aliphatic carboxylic acids is 1. The molecule has 3 N–H and O–H groups in total. The minimum atomic E-state index is -1.20. The number of amides is 2. The predicted octanol–water partition coefficient (Wildman–Crippen LogP) is 2.52. The molecule has 29 heavy (non-hydrogen) atoms. The number of ether oxygens (including phenoxy) is 1. The Morgan fingerprint density at radius 3 is 2.59 bits per heavy atom. The molecule has 0 saturated heterocycles. The number of hydrogen-bond acceptors (Lipinski definition) is 6. The van der Waals surface area contributed by atoms with Gasteiger partial charge in [-0.2, -0.15) is 5.10 Å². The monoisotopic (exact) mass is 420 g/mol. The Labute approximate surface area is 172 Å². The minimum Gasteiger partial charge on any atom is -0.480 e. The third-order valence-corrected chi connectivity index (χ3v) is 4.78. The molecule has 1 aromatic carbocycles. The molecule has 2 amide bonds. The first-order chi connectivity index (χ1) is 13.9. The number of carbonyl (C=O) groups excluding carboxylic acids is 2. The summed E-state index contributed by atoms with van der Waals surface area (Å²) in [6.45, 7) is 3.92. The average Bonchev–Trinajstić information content (AvgIpc) is 3.14. The molecule has 0 aliphatic carbocycles. The van der Waals surface area contributed by atoms with Gasteiger partial charge < -0.3 is 20.5 Å².